The van der Waals surface area contributed by atoms with Gasteiger partial charge in [-0.1, -0.05) is 20.8 Å². The van der Waals surface area contributed by atoms with Crippen LogP contribution in [-0.4, -0.2) is 36.4 Å². The normalized spacial score (nSPS) is 8.42. The Labute approximate surface area is 80.7 Å². The van der Waals surface area contributed by atoms with Crippen molar-refractivity contribution >= 4 is 17.7 Å². The van der Waals surface area contributed by atoms with E-state index in [0.717, 1.165) is 12.3 Å². The lowest BCUT2D eigenvalue weighted by Gasteiger charge is -2.14. The molecule has 0 N–H and O–H groups in total. The van der Waals surface area contributed by atoms with E-state index >= 15 is 0 Å². The van der Waals surface area contributed by atoms with Gasteiger partial charge in [-0.3, -0.25) is 4.79 Å². The zero-order chi connectivity index (χ0) is 9.98. The lowest BCUT2D eigenvalue weighted by molar-refractivity contribution is -0.129. The van der Waals surface area contributed by atoms with Crippen LogP contribution >= 0.6 is 11.8 Å². The summed E-state index contributed by atoms with van der Waals surface area (Å²) in [6.45, 7) is 6.76. The molecule has 0 aromatic heterocycles. The van der Waals surface area contributed by atoms with E-state index < -0.39 is 0 Å². The molecule has 0 unspecified atom stereocenters. The van der Waals surface area contributed by atoms with Crippen LogP contribution in [-0.2, 0) is 4.79 Å². The monoisotopic (exact) mass is 191 g/mol. The molecule has 3 heteroatoms. The Balaban J connectivity index is 0. The first kappa shape index (κ1) is 14.3. The first-order valence-corrected chi connectivity index (χ1v) is 5.84. The van der Waals surface area contributed by atoms with Crippen molar-refractivity contribution in [2.24, 2.45) is 0 Å². The number of carbonyl (C=O) groups is 1. The summed E-state index contributed by atoms with van der Waals surface area (Å²) in [5.41, 5.74) is 0. The molecular weight excluding hydrogens is 170 g/mol. The summed E-state index contributed by atoms with van der Waals surface area (Å²) in [6.07, 6.45) is 2.66. The number of hydrogen-bond acceptors (Lipinski definition) is 2. The van der Waals surface area contributed by atoms with Gasteiger partial charge in [-0.15, -0.1) is 0 Å². The van der Waals surface area contributed by atoms with Gasteiger partial charge in [0.2, 0.25) is 5.91 Å². The van der Waals surface area contributed by atoms with Crippen LogP contribution in [0.15, 0.2) is 0 Å². The Morgan fingerprint density at radius 2 is 1.92 bits per heavy atom. The summed E-state index contributed by atoms with van der Waals surface area (Å²) in [4.78, 5) is 12.7. The number of thioether (sulfide) groups is 1. The lowest BCUT2D eigenvalue weighted by atomic mass is 10.4. The molecule has 0 saturated heterocycles. The van der Waals surface area contributed by atoms with Gasteiger partial charge in [0, 0.05) is 25.8 Å². The maximum absolute atomic E-state index is 10.9. The SMILES string of the molecule is CC.CCC(=O)N(C)CCSC. The van der Waals surface area contributed by atoms with Crippen molar-refractivity contribution in [1.29, 1.82) is 0 Å². The van der Waals surface area contributed by atoms with Gasteiger partial charge in [0.25, 0.3) is 0 Å². The summed E-state index contributed by atoms with van der Waals surface area (Å²) < 4.78 is 0. The first-order valence-electron chi connectivity index (χ1n) is 4.45. The van der Waals surface area contributed by atoms with Crippen molar-refractivity contribution in [1.82, 2.24) is 4.90 Å². The minimum absolute atomic E-state index is 0.231. The molecule has 0 fully saturated rings. The maximum atomic E-state index is 10.9. The molecule has 0 heterocycles. The minimum atomic E-state index is 0.231. The fourth-order valence-electron chi connectivity index (χ4n) is 0.623. The molecule has 0 bridgehead atoms. The van der Waals surface area contributed by atoms with Crippen LogP contribution in [0.1, 0.15) is 27.2 Å². The highest BCUT2D eigenvalue weighted by Crippen LogP contribution is 1.94. The van der Waals surface area contributed by atoms with Gasteiger partial charge in [0.05, 0.1) is 0 Å². The van der Waals surface area contributed by atoms with E-state index in [4.69, 9.17) is 0 Å². The summed E-state index contributed by atoms with van der Waals surface area (Å²) in [5, 5.41) is 0. The van der Waals surface area contributed by atoms with E-state index in [-0.39, 0.29) is 5.91 Å². The molecular formula is C9H21NOS. The van der Waals surface area contributed by atoms with Crippen LogP contribution in [0.3, 0.4) is 0 Å². The van der Waals surface area contributed by atoms with Crippen LogP contribution in [0.4, 0.5) is 0 Å². The number of amides is 1. The number of rotatable bonds is 4. The molecule has 0 spiro atoms. The number of carbonyl (C=O) groups excluding carboxylic acids is 1. The van der Waals surface area contributed by atoms with Gasteiger partial charge in [0.15, 0.2) is 0 Å². The Morgan fingerprint density at radius 3 is 2.25 bits per heavy atom. The molecule has 0 aromatic carbocycles. The van der Waals surface area contributed by atoms with Crippen molar-refractivity contribution in [2.45, 2.75) is 27.2 Å². The lowest BCUT2D eigenvalue weighted by Crippen LogP contribution is -2.27. The van der Waals surface area contributed by atoms with Crippen molar-refractivity contribution < 1.29 is 4.79 Å². The highest BCUT2D eigenvalue weighted by atomic mass is 32.2. The second-order valence-corrected chi connectivity index (χ2v) is 3.15. The molecule has 12 heavy (non-hydrogen) atoms. The summed E-state index contributed by atoms with van der Waals surface area (Å²) in [6, 6.07) is 0. The molecule has 0 aliphatic rings. The summed E-state index contributed by atoms with van der Waals surface area (Å²) >= 11 is 1.76. The van der Waals surface area contributed by atoms with E-state index in [2.05, 4.69) is 0 Å². The molecule has 0 radical (unpaired) electrons. The fourth-order valence-corrected chi connectivity index (χ4v) is 1.08. The van der Waals surface area contributed by atoms with E-state index in [1.807, 2.05) is 34.1 Å². The molecule has 0 saturated carbocycles. The Kier molecular flexibility index (Phi) is 12.9. The average Bonchev–Trinajstić information content (AvgIpc) is 2.16. The largest absolute Gasteiger partial charge is 0.345 e. The van der Waals surface area contributed by atoms with Crippen molar-refractivity contribution in [3.63, 3.8) is 0 Å². The van der Waals surface area contributed by atoms with E-state index in [9.17, 15) is 4.79 Å². The van der Waals surface area contributed by atoms with Gasteiger partial charge >= 0.3 is 0 Å². The summed E-state index contributed by atoms with van der Waals surface area (Å²) in [5.74, 6) is 1.26. The van der Waals surface area contributed by atoms with E-state index in [1.54, 1.807) is 16.7 Å². The first-order chi connectivity index (χ1) is 5.72. The Bertz CT molecular complexity index is 107. The van der Waals surface area contributed by atoms with Gasteiger partial charge in [-0.25, -0.2) is 0 Å². The second-order valence-electron chi connectivity index (χ2n) is 2.16. The quantitative estimate of drug-likeness (QED) is 0.679. The van der Waals surface area contributed by atoms with Crippen LogP contribution in [0.5, 0.6) is 0 Å². The molecule has 1 amide bonds. The van der Waals surface area contributed by atoms with Crippen molar-refractivity contribution in [2.75, 3.05) is 25.6 Å². The van der Waals surface area contributed by atoms with Crippen LogP contribution in [0.25, 0.3) is 0 Å². The van der Waals surface area contributed by atoms with Gasteiger partial charge in [0.1, 0.15) is 0 Å². The Morgan fingerprint density at radius 1 is 1.42 bits per heavy atom. The predicted octanol–water partition coefficient (Wildman–Crippen LogP) is 2.24. The molecule has 74 valence electrons. The highest BCUT2D eigenvalue weighted by Gasteiger charge is 2.02. The van der Waals surface area contributed by atoms with E-state index in [1.165, 1.54) is 0 Å². The van der Waals surface area contributed by atoms with Crippen molar-refractivity contribution in [3.05, 3.63) is 0 Å². The number of nitrogens with zero attached hydrogens (tertiary/aromatic N) is 1. The molecule has 0 aliphatic heterocycles. The highest BCUT2D eigenvalue weighted by molar-refractivity contribution is 7.98. The predicted molar refractivity (Wildman–Crippen MR) is 57.7 cm³/mol. The molecule has 0 aliphatic carbocycles. The zero-order valence-corrected chi connectivity index (χ0v) is 9.70. The van der Waals surface area contributed by atoms with E-state index in [0.29, 0.717) is 6.42 Å². The second kappa shape index (κ2) is 10.8. The topological polar surface area (TPSA) is 20.3 Å². The smallest absolute Gasteiger partial charge is 0.222 e. The molecule has 0 rings (SSSR count). The van der Waals surface area contributed by atoms with Crippen LogP contribution in [0.2, 0.25) is 0 Å². The third-order valence-electron chi connectivity index (χ3n) is 1.36. The molecule has 2 nitrogen and oxygen atoms in total. The molecule has 0 atom stereocenters. The number of hydrogen-bond donors (Lipinski definition) is 0. The zero-order valence-electron chi connectivity index (χ0n) is 8.89. The third kappa shape index (κ3) is 7.92. The fraction of sp³-hybridized carbons (Fsp3) is 0.889. The standard InChI is InChI=1S/C7H15NOS.C2H6/c1-4-7(9)8(2)5-6-10-3;1-2/h4-6H2,1-3H3;1-2H3. The van der Waals surface area contributed by atoms with Gasteiger partial charge in [-0.2, -0.15) is 11.8 Å². The minimum Gasteiger partial charge on any atom is -0.345 e. The van der Waals surface area contributed by atoms with Crippen molar-refractivity contribution in [3.8, 4) is 0 Å². The maximum Gasteiger partial charge on any atom is 0.222 e. The Hall–Kier alpha value is -0.180. The average molecular weight is 191 g/mol. The summed E-state index contributed by atoms with van der Waals surface area (Å²) in [7, 11) is 1.85. The van der Waals surface area contributed by atoms with Crippen LogP contribution in [0, 0.1) is 0 Å². The van der Waals surface area contributed by atoms with Gasteiger partial charge in [-0.05, 0) is 6.26 Å². The third-order valence-corrected chi connectivity index (χ3v) is 1.95. The van der Waals surface area contributed by atoms with Crippen LogP contribution < -0.4 is 0 Å². The molecule has 0 aromatic rings. The van der Waals surface area contributed by atoms with Gasteiger partial charge < -0.3 is 4.90 Å².